The summed E-state index contributed by atoms with van der Waals surface area (Å²) in [6.45, 7) is 2.23. The number of hydrogen-bond acceptors (Lipinski definition) is 5. The van der Waals surface area contributed by atoms with E-state index in [0.29, 0.717) is 12.6 Å². The molecule has 0 bridgehead atoms. The van der Waals surface area contributed by atoms with Gasteiger partial charge >= 0.3 is 0 Å². The van der Waals surface area contributed by atoms with Crippen LogP contribution in [0.1, 0.15) is 24.2 Å². The van der Waals surface area contributed by atoms with Crippen LogP contribution >= 0.6 is 0 Å². The molecule has 6 heteroatoms. The average molecular weight is 286 g/mol. The molecule has 1 aliphatic rings. The molecule has 0 aliphatic heterocycles. The van der Waals surface area contributed by atoms with Crippen LogP contribution in [-0.4, -0.2) is 27.9 Å². The summed E-state index contributed by atoms with van der Waals surface area (Å²) in [6.07, 6.45) is 4.01. The van der Waals surface area contributed by atoms with Gasteiger partial charge in [0.25, 0.3) is 5.56 Å². The van der Waals surface area contributed by atoms with Crippen LogP contribution in [0.5, 0.6) is 5.75 Å². The summed E-state index contributed by atoms with van der Waals surface area (Å²) in [7, 11) is 1.61. The molecule has 1 aliphatic carbocycles. The second-order valence-corrected chi connectivity index (χ2v) is 5.30. The third-order valence-corrected chi connectivity index (χ3v) is 3.35. The lowest BCUT2D eigenvalue weighted by Crippen LogP contribution is -2.23. The molecule has 0 radical (unpaired) electrons. The van der Waals surface area contributed by atoms with E-state index in [0.717, 1.165) is 35.7 Å². The smallest absolute Gasteiger partial charge is 0.269 e. The standard InChI is InChI=1S/C15H18N4O2/c1-10-5-14(21-2)6-13(17-10)9-19-15(20)7-12(8-16-19)18-11-3-4-11/h5-8,11,18H,3-4,9H2,1-2H3. The molecule has 2 heterocycles. The third-order valence-electron chi connectivity index (χ3n) is 3.35. The first-order chi connectivity index (χ1) is 10.1. The van der Waals surface area contributed by atoms with Crippen molar-refractivity contribution in [3.63, 3.8) is 0 Å². The van der Waals surface area contributed by atoms with Crippen molar-refractivity contribution in [1.29, 1.82) is 0 Å². The first-order valence-corrected chi connectivity index (χ1v) is 6.99. The van der Waals surface area contributed by atoms with Crippen molar-refractivity contribution >= 4 is 5.69 Å². The van der Waals surface area contributed by atoms with Gasteiger partial charge in [-0.25, -0.2) is 4.68 Å². The fourth-order valence-corrected chi connectivity index (χ4v) is 2.15. The molecule has 1 fully saturated rings. The van der Waals surface area contributed by atoms with E-state index < -0.39 is 0 Å². The van der Waals surface area contributed by atoms with Crippen LogP contribution in [0.25, 0.3) is 0 Å². The number of methoxy groups -OCH3 is 1. The first kappa shape index (κ1) is 13.6. The van der Waals surface area contributed by atoms with Crippen molar-refractivity contribution in [1.82, 2.24) is 14.8 Å². The molecule has 2 aromatic heterocycles. The molecule has 1 saturated carbocycles. The Kier molecular flexibility index (Phi) is 3.60. The molecular weight excluding hydrogens is 268 g/mol. The fraction of sp³-hybridized carbons (Fsp3) is 0.400. The van der Waals surface area contributed by atoms with Crippen LogP contribution in [0, 0.1) is 6.92 Å². The molecule has 21 heavy (non-hydrogen) atoms. The summed E-state index contributed by atoms with van der Waals surface area (Å²) in [5, 5.41) is 7.46. The number of anilines is 1. The van der Waals surface area contributed by atoms with Gasteiger partial charge in [-0.15, -0.1) is 0 Å². The predicted molar refractivity (Wildman–Crippen MR) is 79.8 cm³/mol. The minimum absolute atomic E-state index is 0.136. The lowest BCUT2D eigenvalue weighted by Gasteiger charge is -2.09. The number of nitrogens with one attached hydrogen (secondary N) is 1. The highest BCUT2D eigenvalue weighted by molar-refractivity contribution is 5.41. The molecule has 0 atom stereocenters. The van der Waals surface area contributed by atoms with E-state index in [4.69, 9.17) is 4.74 Å². The normalized spacial score (nSPS) is 14.0. The van der Waals surface area contributed by atoms with Crippen molar-refractivity contribution in [3.05, 3.63) is 46.1 Å². The molecule has 0 aromatic carbocycles. The van der Waals surface area contributed by atoms with E-state index in [9.17, 15) is 4.79 Å². The molecular formula is C15H18N4O2. The summed E-state index contributed by atoms with van der Waals surface area (Å²) in [6, 6.07) is 5.75. The average Bonchev–Trinajstić information content (AvgIpc) is 3.25. The van der Waals surface area contributed by atoms with E-state index in [1.165, 1.54) is 4.68 Å². The Hall–Kier alpha value is -2.37. The van der Waals surface area contributed by atoms with Gasteiger partial charge in [-0.1, -0.05) is 0 Å². The molecule has 0 amide bonds. The molecule has 0 spiro atoms. The zero-order valence-corrected chi connectivity index (χ0v) is 12.2. The Morgan fingerprint density at radius 1 is 1.38 bits per heavy atom. The van der Waals surface area contributed by atoms with Gasteiger partial charge in [-0.05, 0) is 19.8 Å². The number of nitrogens with zero attached hydrogens (tertiary/aromatic N) is 3. The first-order valence-electron chi connectivity index (χ1n) is 6.99. The number of aromatic nitrogens is 3. The highest BCUT2D eigenvalue weighted by Gasteiger charge is 2.21. The van der Waals surface area contributed by atoms with Gasteiger partial charge in [0.05, 0.1) is 31.2 Å². The van der Waals surface area contributed by atoms with E-state index in [1.54, 1.807) is 19.4 Å². The van der Waals surface area contributed by atoms with Gasteiger partial charge in [-0.3, -0.25) is 9.78 Å². The van der Waals surface area contributed by atoms with E-state index in [-0.39, 0.29) is 5.56 Å². The molecule has 6 nitrogen and oxygen atoms in total. The summed E-state index contributed by atoms with van der Waals surface area (Å²) in [4.78, 5) is 16.5. The van der Waals surface area contributed by atoms with Gasteiger partial charge in [0.2, 0.25) is 0 Å². The van der Waals surface area contributed by atoms with Crippen LogP contribution in [0.3, 0.4) is 0 Å². The van der Waals surface area contributed by atoms with Crippen molar-refractivity contribution in [2.45, 2.75) is 32.4 Å². The maximum atomic E-state index is 12.1. The van der Waals surface area contributed by atoms with Crippen LogP contribution in [0.4, 0.5) is 5.69 Å². The lowest BCUT2D eigenvalue weighted by atomic mass is 10.3. The third kappa shape index (κ3) is 3.39. The van der Waals surface area contributed by atoms with E-state index >= 15 is 0 Å². The SMILES string of the molecule is COc1cc(C)nc(Cn2ncc(NC3CC3)cc2=O)c1. The Morgan fingerprint density at radius 3 is 2.86 bits per heavy atom. The van der Waals surface area contributed by atoms with Crippen LogP contribution in [0.15, 0.2) is 29.2 Å². The topological polar surface area (TPSA) is 69.0 Å². The highest BCUT2D eigenvalue weighted by Crippen LogP contribution is 2.23. The molecule has 3 rings (SSSR count). The minimum Gasteiger partial charge on any atom is -0.497 e. The van der Waals surface area contributed by atoms with Crippen LogP contribution in [-0.2, 0) is 6.54 Å². The zero-order chi connectivity index (χ0) is 14.8. The molecule has 0 unspecified atom stereocenters. The fourth-order valence-electron chi connectivity index (χ4n) is 2.15. The summed E-state index contributed by atoms with van der Waals surface area (Å²) < 4.78 is 6.62. The Balaban J connectivity index is 1.80. The van der Waals surface area contributed by atoms with Crippen molar-refractivity contribution in [2.24, 2.45) is 0 Å². The van der Waals surface area contributed by atoms with Gasteiger partial charge in [-0.2, -0.15) is 5.10 Å². The number of ether oxygens (including phenoxy) is 1. The predicted octanol–water partition coefficient (Wildman–Crippen LogP) is 1.58. The monoisotopic (exact) mass is 286 g/mol. The van der Waals surface area contributed by atoms with Gasteiger partial charge in [0, 0.05) is 29.9 Å². The molecule has 110 valence electrons. The lowest BCUT2D eigenvalue weighted by molar-refractivity contribution is 0.412. The van der Waals surface area contributed by atoms with E-state index in [2.05, 4.69) is 15.4 Å². The van der Waals surface area contributed by atoms with Crippen molar-refractivity contribution < 1.29 is 4.74 Å². The number of aryl methyl sites for hydroxylation is 1. The highest BCUT2D eigenvalue weighted by atomic mass is 16.5. The Morgan fingerprint density at radius 2 is 2.19 bits per heavy atom. The van der Waals surface area contributed by atoms with Crippen LogP contribution in [0.2, 0.25) is 0 Å². The number of pyridine rings is 1. The summed E-state index contributed by atoms with van der Waals surface area (Å²) in [5.41, 5.74) is 2.25. The number of hydrogen-bond donors (Lipinski definition) is 1. The number of rotatable bonds is 5. The molecule has 2 aromatic rings. The largest absolute Gasteiger partial charge is 0.497 e. The van der Waals surface area contributed by atoms with Crippen molar-refractivity contribution in [3.8, 4) is 5.75 Å². The second-order valence-electron chi connectivity index (χ2n) is 5.30. The Labute approximate surface area is 122 Å². The van der Waals surface area contributed by atoms with Gasteiger partial charge in [0.1, 0.15) is 5.75 Å². The Bertz CT molecular complexity index is 707. The van der Waals surface area contributed by atoms with Crippen LogP contribution < -0.4 is 15.6 Å². The van der Waals surface area contributed by atoms with E-state index in [1.807, 2.05) is 19.1 Å². The van der Waals surface area contributed by atoms with Gasteiger partial charge < -0.3 is 10.1 Å². The molecule has 1 N–H and O–H groups in total. The van der Waals surface area contributed by atoms with Gasteiger partial charge in [0.15, 0.2) is 0 Å². The maximum absolute atomic E-state index is 12.1. The van der Waals surface area contributed by atoms with Crippen molar-refractivity contribution in [2.75, 3.05) is 12.4 Å². The summed E-state index contributed by atoms with van der Waals surface area (Å²) in [5.74, 6) is 0.734. The quantitative estimate of drug-likeness (QED) is 0.903. The zero-order valence-electron chi connectivity index (χ0n) is 12.2. The summed E-state index contributed by atoms with van der Waals surface area (Å²) >= 11 is 0. The minimum atomic E-state index is -0.136. The second kappa shape index (κ2) is 5.55. The maximum Gasteiger partial charge on any atom is 0.269 e. The molecule has 0 saturated heterocycles.